The van der Waals surface area contributed by atoms with E-state index in [2.05, 4.69) is 22.5 Å². The number of carbonyl (C=O) groups is 1. The summed E-state index contributed by atoms with van der Waals surface area (Å²) in [5.74, 6) is -0.912. The number of nitrogens with zero attached hydrogens (tertiary/aromatic N) is 2. The molecule has 0 spiro atoms. The van der Waals surface area contributed by atoms with Gasteiger partial charge in [0.25, 0.3) is 0 Å². The number of aliphatic carboxylic acids is 1. The maximum atomic E-state index is 11.2. The van der Waals surface area contributed by atoms with E-state index in [4.69, 9.17) is 9.94 Å². The number of fused-ring (bicyclic) bond motifs is 1. The molecule has 3 N–H and O–H groups in total. The SMILES string of the molecule is C=CCONC1CNC(C(=O)O)c2c1cnn2C. The molecule has 0 saturated carbocycles. The Labute approximate surface area is 104 Å². The number of carboxylic acid groups (broad SMARTS) is 1. The van der Waals surface area contributed by atoms with Crippen LogP contribution in [0.3, 0.4) is 0 Å². The summed E-state index contributed by atoms with van der Waals surface area (Å²) in [5.41, 5.74) is 4.36. The third-order valence-electron chi connectivity index (χ3n) is 2.86. The third-order valence-corrected chi connectivity index (χ3v) is 2.86. The van der Waals surface area contributed by atoms with E-state index >= 15 is 0 Å². The summed E-state index contributed by atoms with van der Waals surface area (Å²) in [6.07, 6.45) is 3.30. The fraction of sp³-hybridized carbons (Fsp3) is 0.455. The molecule has 0 saturated heterocycles. The van der Waals surface area contributed by atoms with Crippen molar-refractivity contribution in [2.45, 2.75) is 12.1 Å². The summed E-state index contributed by atoms with van der Waals surface area (Å²) < 4.78 is 1.57. The van der Waals surface area contributed by atoms with Gasteiger partial charge in [-0.05, 0) is 0 Å². The first kappa shape index (κ1) is 12.7. The summed E-state index contributed by atoms with van der Waals surface area (Å²) in [6, 6.07) is -0.853. The number of aromatic nitrogens is 2. The summed E-state index contributed by atoms with van der Waals surface area (Å²) in [4.78, 5) is 16.4. The maximum Gasteiger partial charge on any atom is 0.326 e. The minimum atomic E-state index is -0.912. The van der Waals surface area contributed by atoms with Crippen molar-refractivity contribution in [1.29, 1.82) is 0 Å². The average Bonchev–Trinajstić information content (AvgIpc) is 2.72. The van der Waals surface area contributed by atoms with E-state index in [9.17, 15) is 4.79 Å². The summed E-state index contributed by atoms with van der Waals surface area (Å²) in [6.45, 7) is 4.40. The molecule has 1 aromatic heterocycles. The van der Waals surface area contributed by atoms with Crippen LogP contribution >= 0.6 is 0 Å². The number of aryl methyl sites for hydroxylation is 1. The van der Waals surface area contributed by atoms with Crippen molar-refractivity contribution < 1.29 is 14.7 Å². The molecule has 1 aliphatic heterocycles. The summed E-state index contributed by atoms with van der Waals surface area (Å²) in [7, 11) is 1.73. The highest BCUT2D eigenvalue weighted by atomic mass is 16.6. The van der Waals surface area contributed by atoms with E-state index in [1.807, 2.05) is 0 Å². The van der Waals surface area contributed by atoms with E-state index in [1.54, 1.807) is 24.0 Å². The molecule has 2 heterocycles. The van der Waals surface area contributed by atoms with Crippen LogP contribution < -0.4 is 10.8 Å². The van der Waals surface area contributed by atoms with Crippen LogP contribution in [-0.4, -0.2) is 34.0 Å². The fourth-order valence-electron chi connectivity index (χ4n) is 2.05. The Balaban J connectivity index is 2.20. The van der Waals surface area contributed by atoms with Gasteiger partial charge in [-0.1, -0.05) is 6.08 Å². The first-order chi connectivity index (χ1) is 8.65. The smallest absolute Gasteiger partial charge is 0.326 e. The fourth-order valence-corrected chi connectivity index (χ4v) is 2.05. The van der Waals surface area contributed by atoms with Crippen LogP contribution in [0.1, 0.15) is 23.3 Å². The van der Waals surface area contributed by atoms with Crippen molar-refractivity contribution in [3.8, 4) is 0 Å². The molecule has 0 radical (unpaired) electrons. The van der Waals surface area contributed by atoms with Crippen molar-refractivity contribution >= 4 is 5.97 Å². The van der Waals surface area contributed by atoms with Crippen molar-refractivity contribution in [1.82, 2.24) is 20.6 Å². The van der Waals surface area contributed by atoms with Crippen LogP contribution in [0.2, 0.25) is 0 Å². The molecule has 7 heteroatoms. The molecule has 0 amide bonds. The highest BCUT2D eigenvalue weighted by Gasteiger charge is 2.34. The van der Waals surface area contributed by atoms with Crippen LogP contribution in [0.15, 0.2) is 18.9 Å². The minimum absolute atomic E-state index is 0.121. The van der Waals surface area contributed by atoms with Gasteiger partial charge in [-0.2, -0.15) is 10.6 Å². The highest BCUT2D eigenvalue weighted by Crippen LogP contribution is 2.28. The molecule has 2 atom stereocenters. The van der Waals surface area contributed by atoms with Crippen LogP contribution in [0.5, 0.6) is 0 Å². The quantitative estimate of drug-likeness (QED) is 0.385. The van der Waals surface area contributed by atoms with Crippen molar-refractivity contribution in [3.63, 3.8) is 0 Å². The first-order valence-electron chi connectivity index (χ1n) is 5.61. The first-order valence-corrected chi connectivity index (χ1v) is 5.61. The number of hydroxylamine groups is 1. The molecule has 1 aliphatic rings. The molecule has 18 heavy (non-hydrogen) atoms. The second-order valence-electron chi connectivity index (χ2n) is 4.06. The van der Waals surface area contributed by atoms with E-state index < -0.39 is 12.0 Å². The Bertz CT molecular complexity index is 457. The number of hydrogen-bond donors (Lipinski definition) is 3. The standard InChI is InChI=1S/C11H16N4O3/c1-3-4-18-14-8-6-12-9(11(16)17)10-7(8)5-13-15(10)2/h3,5,8-9,12,14H,1,4,6H2,2H3,(H,16,17). The van der Waals surface area contributed by atoms with E-state index in [0.717, 1.165) is 5.56 Å². The minimum Gasteiger partial charge on any atom is -0.480 e. The number of rotatable bonds is 5. The second kappa shape index (κ2) is 5.30. The van der Waals surface area contributed by atoms with E-state index in [1.165, 1.54) is 0 Å². The predicted octanol–water partition coefficient (Wildman–Crippen LogP) is -0.103. The van der Waals surface area contributed by atoms with Gasteiger partial charge in [0, 0.05) is 19.2 Å². The molecule has 2 rings (SSSR count). The molecule has 0 bridgehead atoms. The summed E-state index contributed by atoms with van der Waals surface area (Å²) in [5, 5.41) is 16.2. The predicted molar refractivity (Wildman–Crippen MR) is 63.6 cm³/mol. The lowest BCUT2D eigenvalue weighted by Crippen LogP contribution is -2.42. The zero-order chi connectivity index (χ0) is 13.1. The van der Waals surface area contributed by atoms with Crippen LogP contribution in [0, 0.1) is 0 Å². The highest BCUT2D eigenvalue weighted by molar-refractivity contribution is 5.76. The molecule has 0 aromatic carbocycles. The number of hydrogen-bond acceptors (Lipinski definition) is 5. The largest absolute Gasteiger partial charge is 0.480 e. The van der Waals surface area contributed by atoms with Gasteiger partial charge in [0.15, 0.2) is 0 Å². The van der Waals surface area contributed by atoms with Crippen LogP contribution in [0.25, 0.3) is 0 Å². The zero-order valence-corrected chi connectivity index (χ0v) is 10.1. The molecule has 2 unspecified atom stereocenters. The Morgan fingerprint density at radius 1 is 1.89 bits per heavy atom. The number of nitrogens with one attached hydrogen (secondary N) is 2. The maximum absolute atomic E-state index is 11.2. The van der Waals surface area contributed by atoms with Crippen molar-refractivity contribution in [2.24, 2.45) is 7.05 Å². The van der Waals surface area contributed by atoms with Gasteiger partial charge < -0.3 is 5.11 Å². The molecule has 0 fully saturated rings. The van der Waals surface area contributed by atoms with Gasteiger partial charge in [0.1, 0.15) is 6.04 Å². The molecule has 7 nitrogen and oxygen atoms in total. The van der Waals surface area contributed by atoms with Gasteiger partial charge in [-0.15, -0.1) is 6.58 Å². The lowest BCUT2D eigenvalue weighted by Gasteiger charge is -2.28. The van der Waals surface area contributed by atoms with Crippen LogP contribution in [0.4, 0.5) is 0 Å². The summed E-state index contributed by atoms with van der Waals surface area (Å²) >= 11 is 0. The molecule has 1 aromatic rings. The third kappa shape index (κ3) is 2.28. The van der Waals surface area contributed by atoms with Crippen molar-refractivity contribution in [3.05, 3.63) is 30.1 Å². The zero-order valence-electron chi connectivity index (χ0n) is 10.1. The van der Waals surface area contributed by atoms with Gasteiger partial charge in [0.05, 0.1) is 24.5 Å². The monoisotopic (exact) mass is 252 g/mol. The van der Waals surface area contributed by atoms with Gasteiger partial charge >= 0.3 is 5.97 Å². The number of carboxylic acids is 1. The van der Waals surface area contributed by atoms with Gasteiger partial charge in [-0.25, -0.2) is 0 Å². The van der Waals surface area contributed by atoms with Gasteiger partial charge in [0.2, 0.25) is 0 Å². The van der Waals surface area contributed by atoms with Crippen molar-refractivity contribution in [2.75, 3.05) is 13.2 Å². The Hall–Kier alpha value is -1.70. The lowest BCUT2D eigenvalue weighted by molar-refractivity contribution is -0.140. The molecule has 0 aliphatic carbocycles. The van der Waals surface area contributed by atoms with Gasteiger partial charge in [-0.3, -0.25) is 19.6 Å². The Morgan fingerprint density at radius 2 is 2.67 bits per heavy atom. The molecular formula is C11H16N4O3. The van der Waals surface area contributed by atoms with E-state index in [0.29, 0.717) is 18.8 Å². The molecule has 98 valence electrons. The van der Waals surface area contributed by atoms with E-state index in [-0.39, 0.29) is 6.04 Å². The topological polar surface area (TPSA) is 88.4 Å². The second-order valence-corrected chi connectivity index (χ2v) is 4.06. The average molecular weight is 252 g/mol. The Morgan fingerprint density at radius 3 is 3.33 bits per heavy atom. The van der Waals surface area contributed by atoms with Crippen LogP contribution in [-0.2, 0) is 16.7 Å². The Kier molecular flexibility index (Phi) is 3.75. The lowest BCUT2D eigenvalue weighted by atomic mass is 9.98. The normalized spacial score (nSPS) is 22.5. The molecular weight excluding hydrogens is 236 g/mol.